The molecule has 0 saturated carbocycles. The molecule has 3 N–H and O–H groups in total. The van der Waals surface area contributed by atoms with E-state index in [9.17, 15) is 26.4 Å². The normalized spacial score (nSPS) is 20.9. The molecule has 1 fully saturated rings. The van der Waals surface area contributed by atoms with Crippen LogP contribution in [0.15, 0.2) is 29.2 Å². The number of halogens is 3. The zero-order valence-corrected chi connectivity index (χ0v) is 15.3. The molecule has 6 nitrogen and oxygen atoms in total. The van der Waals surface area contributed by atoms with Gasteiger partial charge in [0.15, 0.2) is 0 Å². The van der Waals surface area contributed by atoms with Gasteiger partial charge in [-0.05, 0) is 45.0 Å². The van der Waals surface area contributed by atoms with Gasteiger partial charge in [0.2, 0.25) is 15.9 Å². The van der Waals surface area contributed by atoms with Gasteiger partial charge in [0.25, 0.3) is 0 Å². The molecule has 1 amide bonds. The standard InChI is InChI=1S/C16H22F3N3O3S/c1-15(2)13(16(17,18)19)6-8-22(15)9-7-14(23)21-11-4-3-5-12(10-11)26(20,24)25/h3-5,10,13H,6-9H2,1-2H3,(H,21,23)(H2,20,24,25)/t13-/m1/s1. The Balaban J connectivity index is 1.96. The number of benzene rings is 1. The van der Waals surface area contributed by atoms with Crippen LogP contribution in [0.3, 0.4) is 0 Å². The average Bonchev–Trinajstić information content (AvgIpc) is 2.79. The first kappa shape index (κ1) is 20.7. The average molecular weight is 393 g/mol. The molecule has 1 atom stereocenters. The molecule has 0 unspecified atom stereocenters. The summed E-state index contributed by atoms with van der Waals surface area (Å²) in [6.07, 6.45) is -4.27. The van der Waals surface area contributed by atoms with Gasteiger partial charge in [-0.3, -0.25) is 9.69 Å². The van der Waals surface area contributed by atoms with Crippen molar-refractivity contribution < 1.29 is 26.4 Å². The van der Waals surface area contributed by atoms with E-state index in [1.54, 1.807) is 4.90 Å². The molecule has 0 aromatic heterocycles. The second-order valence-electron chi connectivity index (χ2n) is 6.89. The minimum atomic E-state index is -4.27. The van der Waals surface area contributed by atoms with Gasteiger partial charge in [0, 0.05) is 24.2 Å². The third-order valence-corrected chi connectivity index (χ3v) is 5.72. The van der Waals surface area contributed by atoms with Crippen LogP contribution in [0, 0.1) is 5.92 Å². The quantitative estimate of drug-likeness (QED) is 0.803. The summed E-state index contributed by atoms with van der Waals surface area (Å²) in [7, 11) is -3.89. The summed E-state index contributed by atoms with van der Waals surface area (Å²) >= 11 is 0. The molecule has 1 aliphatic heterocycles. The predicted molar refractivity (Wildman–Crippen MR) is 90.9 cm³/mol. The van der Waals surface area contributed by atoms with E-state index in [0.717, 1.165) is 0 Å². The summed E-state index contributed by atoms with van der Waals surface area (Å²) in [5.41, 5.74) is -0.818. The number of alkyl halides is 3. The Hall–Kier alpha value is -1.65. The van der Waals surface area contributed by atoms with Gasteiger partial charge in [-0.1, -0.05) is 6.07 Å². The molecular formula is C16H22F3N3O3S. The van der Waals surface area contributed by atoms with Crippen molar-refractivity contribution in [3.05, 3.63) is 24.3 Å². The molecule has 10 heteroatoms. The van der Waals surface area contributed by atoms with Crippen molar-refractivity contribution in [1.29, 1.82) is 0 Å². The molecule has 0 bridgehead atoms. The number of nitrogens with two attached hydrogens (primary N) is 1. The Morgan fingerprint density at radius 1 is 1.38 bits per heavy atom. The number of primary sulfonamides is 1. The van der Waals surface area contributed by atoms with Gasteiger partial charge in [-0.2, -0.15) is 13.2 Å². The number of hydrogen-bond acceptors (Lipinski definition) is 4. The molecule has 2 rings (SSSR count). The van der Waals surface area contributed by atoms with Crippen molar-refractivity contribution in [1.82, 2.24) is 4.90 Å². The van der Waals surface area contributed by atoms with Crippen molar-refractivity contribution in [2.75, 3.05) is 18.4 Å². The molecule has 1 saturated heterocycles. The summed E-state index contributed by atoms with van der Waals surface area (Å²) in [5.74, 6) is -1.84. The minimum Gasteiger partial charge on any atom is -0.326 e. The van der Waals surface area contributed by atoms with Crippen LogP contribution in [-0.2, 0) is 14.8 Å². The largest absolute Gasteiger partial charge is 0.393 e. The van der Waals surface area contributed by atoms with Crippen LogP contribution in [0.1, 0.15) is 26.7 Å². The zero-order valence-electron chi connectivity index (χ0n) is 14.5. The van der Waals surface area contributed by atoms with Crippen LogP contribution >= 0.6 is 0 Å². The van der Waals surface area contributed by atoms with Crippen molar-refractivity contribution in [3.63, 3.8) is 0 Å². The lowest BCUT2D eigenvalue weighted by Crippen LogP contribution is -2.47. The molecule has 146 valence electrons. The Morgan fingerprint density at radius 2 is 2.04 bits per heavy atom. The topological polar surface area (TPSA) is 92.5 Å². The predicted octanol–water partition coefficient (Wildman–Crippen LogP) is 2.33. The maximum absolute atomic E-state index is 13.1. The number of likely N-dealkylation sites (tertiary alicyclic amines) is 1. The second-order valence-corrected chi connectivity index (χ2v) is 8.46. The monoisotopic (exact) mass is 393 g/mol. The number of hydrogen-bond donors (Lipinski definition) is 2. The second kappa shape index (κ2) is 7.16. The molecular weight excluding hydrogens is 371 g/mol. The van der Waals surface area contributed by atoms with E-state index < -0.39 is 33.6 Å². The lowest BCUT2D eigenvalue weighted by Gasteiger charge is -2.36. The van der Waals surface area contributed by atoms with Crippen molar-refractivity contribution >= 4 is 21.6 Å². The first-order chi connectivity index (χ1) is 11.8. The molecule has 0 spiro atoms. The van der Waals surface area contributed by atoms with Crippen LogP contribution < -0.4 is 10.5 Å². The van der Waals surface area contributed by atoms with Crippen LogP contribution in [0.2, 0.25) is 0 Å². The summed E-state index contributed by atoms with van der Waals surface area (Å²) in [5, 5.41) is 7.58. The van der Waals surface area contributed by atoms with E-state index in [4.69, 9.17) is 5.14 Å². The van der Waals surface area contributed by atoms with Gasteiger partial charge in [0.1, 0.15) is 0 Å². The van der Waals surface area contributed by atoms with Gasteiger partial charge in [-0.25, -0.2) is 13.6 Å². The van der Waals surface area contributed by atoms with E-state index >= 15 is 0 Å². The zero-order chi connectivity index (χ0) is 19.8. The highest BCUT2D eigenvalue weighted by Crippen LogP contribution is 2.44. The van der Waals surface area contributed by atoms with E-state index in [-0.39, 0.29) is 36.5 Å². The minimum absolute atomic E-state index is 0.00634. The molecule has 1 aromatic rings. The highest BCUT2D eigenvalue weighted by Gasteiger charge is 2.54. The third kappa shape index (κ3) is 4.74. The van der Waals surface area contributed by atoms with Gasteiger partial charge in [0.05, 0.1) is 10.8 Å². The molecule has 0 radical (unpaired) electrons. The molecule has 1 heterocycles. The fraction of sp³-hybridized carbons (Fsp3) is 0.562. The molecule has 1 aliphatic rings. The summed E-state index contributed by atoms with van der Waals surface area (Å²) in [4.78, 5) is 13.6. The Morgan fingerprint density at radius 3 is 2.58 bits per heavy atom. The smallest absolute Gasteiger partial charge is 0.326 e. The van der Waals surface area contributed by atoms with Gasteiger partial charge >= 0.3 is 6.18 Å². The van der Waals surface area contributed by atoms with Crippen molar-refractivity contribution in [3.8, 4) is 0 Å². The SMILES string of the molecule is CC1(C)[C@H](C(F)(F)F)CCN1CCC(=O)Nc1cccc(S(N)(=O)=O)c1. The van der Waals surface area contributed by atoms with E-state index in [0.29, 0.717) is 0 Å². The highest BCUT2D eigenvalue weighted by atomic mass is 32.2. The van der Waals surface area contributed by atoms with Gasteiger partial charge < -0.3 is 5.32 Å². The fourth-order valence-electron chi connectivity index (χ4n) is 3.32. The summed E-state index contributed by atoms with van der Waals surface area (Å²) < 4.78 is 61.9. The van der Waals surface area contributed by atoms with Crippen molar-refractivity contribution in [2.24, 2.45) is 11.1 Å². The number of nitrogens with one attached hydrogen (secondary N) is 1. The number of amides is 1. The van der Waals surface area contributed by atoms with Crippen LogP contribution in [-0.4, -0.2) is 44.0 Å². The number of sulfonamides is 1. The van der Waals surface area contributed by atoms with E-state index in [1.807, 2.05) is 0 Å². The summed E-state index contributed by atoms with van der Waals surface area (Å²) in [6.45, 7) is 3.52. The molecule has 0 aliphatic carbocycles. The first-order valence-electron chi connectivity index (χ1n) is 8.06. The Bertz CT molecular complexity index is 778. The fourth-order valence-corrected chi connectivity index (χ4v) is 3.88. The lowest BCUT2D eigenvalue weighted by atomic mass is 9.88. The highest BCUT2D eigenvalue weighted by molar-refractivity contribution is 7.89. The van der Waals surface area contributed by atoms with Crippen LogP contribution in [0.5, 0.6) is 0 Å². The maximum atomic E-state index is 13.1. The lowest BCUT2D eigenvalue weighted by molar-refractivity contribution is -0.191. The Labute approximate surface area is 150 Å². The Kier molecular flexibility index (Phi) is 5.69. The number of carbonyl (C=O) groups excluding carboxylic acids is 1. The number of nitrogens with zero attached hydrogens (tertiary/aromatic N) is 1. The van der Waals surface area contributed by atoms with Crippen LogP contribution in [0.25, 0.3) is 0 Å². The number of rotatable bonds is 5. The number of carbonyl (C=O) groups is 1. The van der Waals surface area contributed by atoms with Gasteiger partial charge in [-0.15, -0.1) is 0 Å². The maximum Gasteiger partial charge on any atom is 0.393 e. The van der Waals surface area contributed by atoms with E-state index in [2.05, 4.69) is 5.32 Å². The van der Waals surface area contributed by atoms with Crippen molar-refractivity contribution in [2.45, 2.75) is 43.3 Å². The molecule has 26 heavy (non-hydrogen) atoms. The third-order valence-electron chi connectivity index (χ3n) is 4.81. The molecule has 1 aromatic carbocycles. The first-order valence-corrected chi connectivity index (χ1v) is 9.61. The van der Waals surface area contributed by atoms with E-state index in [1.165, 1.54) is 38.1 Å². The summed E-state index contributed by atoms with van der Waals surface area (Å²) in [6, 6.07) is 5.47. The van der Waals surface area contributed by atoms with Crippen LogP contribution in [0.4, 0.5) is 18.9 Å². The number of anilines is 1.